The third-order valence-electron chi connectivity index (χ3n) is 2.41. The van der Waals surface area contributed by atoms with Gasteiger partial charge in [-0.15, -0.1) is 5.10 Å². The van der Waals surface area contributed by atoms with E-state index in [1.807, 2.05) is 20.9 Å². The van der Waals surface area contributed by atoms with Gasteiger partial charge in [0.05, 0.1) is 24.1 Å². The van der Waals surface area contributed by atoms with Crippen molar-refractivity contribution < 1.29 is 4.42 Å². The van der Waals surface area contributed by atoms with E-state index in [0.717, 1.165) is 11.5 Å². The minimum atomic E-state index is 0.0728. The van der Waals surface area contributed by atoms with Crippen LogP contribution in [0.1, 0.15) is 30.3 Å². The molecule has 1 unspecified atom stereocenters. The van der Waals surface area contributed by atoms with Gasteiger partial charge in [0, 0.05) is 13.6 Å². The molecule has 0 fully saturated rings. The van der Waals surface area contributed by atoms with Gasteiger partial charge in [0.15, 0.2) is 0 Å². The minimum Gasteiger partial charge on any atom is -0.444 e. The molecule has 2 aromatic rings. The Balaban J connectivity index is 1.93. The lowest BCUT2D eigenvalue weighted by Gasteiger charge is -2.09. The van der Waals surface area contributed by atoms with Gasteiger partial charge < -0.3 is 9.73 Å². The van der Waals surface area contributed by atoms with Gasteiger partial charge in [-0.3, -0.25) is 4.68 Å². The Morgan fingerprint density at radius 3 is 2.88 bits per heavy atom. The number of aromatic nitrogens is 4. The molecule has 0 aliphatic rings. The van der Waals surface area contributed by atoms with Crippen molar-refractivity contribution in [3.05, 3.63) is 29.7 Å². The van der Waals surface area contributed by atoms with Gasteiger partial charge in [0.25, 0.3) is 0 Å². The van der Waals surface area contributed by atoms with E-state index in [9.17, 15) is 0 Å². The molecule has 0 saturated heterocycles. The van der Waals surface area contributed by atoms with E-state index in [4.69, 9.17) is 4.42 Å². The zero-order chi connectivity index (χ0) is 11.5. The molecular formula is C10H15N5O. The molecule has 0 radical (unpaired) electrons. The normalized spacial score (nSPS) is 12.9. The molecule has 2 heterocycles. The first-order chi connectivity index (χ1) is 7.66. The van der Waals surface area contributed by atoms with Crippen LogP contribution < -0.4 is 5.32 Å². The third kappa shape index (κ3) is 2.27. The Morgan fingerprint density at radius 1 is 1.50 bits per heavy atom. The summed E-state index contributed by atoms with van der Waals surface area (Å²) in [5, 5.41) is 11.0. The number of oxazole rings is 1. The molecule has 0 aliphatic carbocycles. The topological polar surface area (TPSA) is 68.8 Å². The highest BCUT2D eigenvalue weighted by molar-refractivity contribution is 4.97. The first-order valence-corrected chi connectivity index (χ1v) is 5.16. The molecular weight excluding hydrogens is 206 g/mol. The van der Waals surface area contributed by atoms with Crippen LogP contribution in [0.25, 0.3) is 0 Å². The highest BCUT2D eigenvalue weighted by atomic mass is 16.4. The Bertz CT molecular complexity index is 461. The second kappa shape index (κ2) is 4.44. The second-order valence-corrected chi connectivity index (χ2v) is 3.76. The molecule has 0 bridgehead atoms. The summed E-state index contributed by atoms with van der Waals surface area (Å²) < 4.78 is 7.17. The van der Waals surface area contributed by atoms with Crippen LogP contribution >= 0.6 is 0 Å². The fraction of sp³-hybridized carbons (Fsp3) is 0.500. The number of nitrogens with one attached hydrogen (secondary N) is 1. The van der Waals surface area contributed by atoms with Gasteiger partial charge in [-0.1, -0.05) is 5.21 Å². The van der Waals surface area contributed by atoms with E-state index in [1.54, 1.807) is 17.1 Å². The Kier molecular flexibility index (Phi) is 3.00. The lowest BCUT2D eigenvalue weighted by atomic mass is 10.3. The summed E-state index contributed by atoms with van der Waals surface area (Å²) in [6, 6.07) is 0.0728. The van der Waals surface area contributed by atoms with Crippen LogP contribution in [0.4, 0.5) is 0 Å². The summed E-state index contributed by atoms with van der Waals surface area (Å²) in [6.45, 7) is 4.58. The van der Waals surface area contributed by atoms with E-state index >= 15 is 0 Å². The molecule has 0 saturated carbocycles. The molecule has 2 aromatic heterocycles. The van der Waals surface area contributed by atoms with Crippen molar-refractivity contribution in [2.75, 3.05) is 0 Å². The molecule has 16 heavy (non-hydrogen) atoms. The van der Waals surface area contributed by atoms with Crippen molar-refractivity contribution in [1.29, 1.82) is 0 Å². The average Bonchev–Trinajstić information content (AvgIpc) is 2.84. The lowest BCUT2D eigenvalue weighted by molar-refractivity contribution is 0.399. The van der Waals surface area contributed by atoms with Crippen molar-refractivity contribution in [2.24, 2.45) is 7.05 Å². The Labute approximate surface area is 93.7 Å². The predicted octanol–water partition coefficient (Wildman–Crippen LogP) is 0.962. The van der Waals surface area contributed by atoms with Crippen LogP contribution in [0, 0.1) is 6.92 Å². The third-order valence-corrected chi connectivity index (χ3v) is 2.41. The van der Waals surface area contributed by atoms with Crippen LogP contribution in [0.5, 0.6) is 0 Å². The van der Waals surface area contributed by atoms with E-state index in [-0.39, 0.29) is 6.04 Å². The maximum atomic E-state index is 5.43. The fourth-order valence-electron chi connectivity index (χ4n) is 1.39. The quantitative estimate of drug-likeness (QED) is 0.832. The fourth-order valence-corrected chi connectivity index (χ4v) is 1.39. The first kappa shape index (κ1) is 10.8. The number of hydrogen-bond donors (Lipinski definition) is 1. The van der Waals surface area contributed by atoms with Crippen LogP contribution in [-0.4, -0.2) is 20.0 Å². The van der Waals surface area contributed by atoms with Gasteiger partial charge >= 0.3 is 0 Å². The van der Waals surface area contributed by atoms with E-state index in [2.05, 4.69) is 20.6 Å². The molecule has 0 aromatic carbocycles. The Morgan fingerprint density at radius 2 is 2.31 bits per heavy atom. The Hall–Kier alpha value is -1.69. The van der Waals surface area contributed by atoms with Crippen molar-refractivity contribution in [1.82, 2.24) is 25.3 Å². The number of nitrogens with zero attached hydrogens (tertiary/aromatic N) is 4. The summed E-state index contributed by atoms with van der Waals surface area (Å²) in [5.74, 6) is 1.53. The van der Waals surface area contributed by atoms with Gasteiger partial charge in [-0.05, 0) is 13.8 Å². The predicted molar refractivity (Wildman–Crippen MR) is 57.5 cm³/mol. The van der Waals surface area contributed by atoms with Crippen LogP contribution in [0.15, 0.2) is 16.8 Å². The summed E-state index contributed by atoms with van der Waals surface area (Å²) in [7, 11) is 1.87. The molecule has 0 spiro atoms. The van der Waals surface area contributed by atoms with Gasteiger partial charge in [-0.25, -0.2) is 4.98 Å². The summed E-state index contributed by atoms with van der Waals surface area (Å²) in [4.78, 5) is 4.17. The summed E-state index contributed by atoms with van der Waals surface area (Å²) in [6.07, 6.45) is 3.46. The monoisotopic (exact) mass is 221 g/mol. The summed E-state index contributed by atoms with van der Waals surface area (Å²) in [5.41, 5.74) is 1.02. The molecule has 6 nitrogen and oxygen atoms in total. The van der Waals surface area contributed by atoms with Crippen molar-refractivity contribution in [3.63, 3.8) is 0 Å². The first-order valence-electron chi connectivity index (χ1n) is 5.16. The average molecular weight is 221 g/mol. The second-order valence-electron chi connectivity index (χ2n) is 3.76. The summed E-state index contributed by atoms with van der Waals surface area (Å²) >= 11 is 0. The van der Waals surface area contributed by atoms with Gasteiger partial charge in [0.1, 0.15) is 5.76 Å². The maximum absolute atomic E-state index is 5.43. The standard InChI is InChI=1S/C10H15N5O/c1-7-4-12-10(16-7)8(2)11-5-9-6-13-14-15(9)3/h4,6,8,11H,5H2,1-3H3. The maximum Gasteiger partial charge on any atom is 0.211 e. The smallest absolute Gasteiger partial charge is 0.211 e. The van der Waals surface area contributed by atoms with Crippen LogP contribution in [0.3, 0.4) is 0 Å². The zero-order valence-electron chi connectivity index (χ0n) is 9.64. The number of hydrogen-bond acceptors (Lipinski definition) is 5. The molecule has 0 amide bonds. The molecule has 86 valence electrons. The minimum absolute atomic E-state index is 0.0728. The molecule has 6 heteroatoms. The van der Waals surface area contributed by atoms with E-state index in [0.29, 0.717) is 12.4 Å². The van der Waals surface area contributed by atoms with Crippen molar-refractivity contribution >= 4 is 0 Å². The van der Waals surface area contributed by atoms with E-state index < -0.39 is 0 Å². The molecule has 2 rings (SSSR count). The molecule has 1 atom stereocenters. The SMILES string of the molecule is Cc1cnc(C(C)NCc2cnnn2C)o1. The van der Waals surface area contributed by atoms with Crippen LogP contribution in [-0.2, 0) is 13.6 Å². The van der Waals surface area contributed by atoms with Gasteiger partial charge in [0.2, 0.25) is 5.89 Å². The number of aryl methyl sites for hydroxylation is 2. The van der Waals surface area contributed by atoms with Crippen LogP contribution in [0.2, 0.25) is 0 Å². The number of rotatable bonds is 4. The highest BCUT2D eigenvalue weighted by Crippen LogP contribution is 2.12. The van der Waals surface area contributed by atoms with Crippen molar-refractivity contribution in [3.8, 4) is 0 Å². The zero-order valence-corrected chi connectivity index (χ0v) is 9.64. The lowest BCUT2D eigenvalue weighted by Crippen LogP contribution is -2.20. The highest BCUT2D eigenvalue weighted by Gasteiger charge is 2.11. The van der Waals surface area contributed by atoms with Gasteiger partial charge in [-0.2, -0.15) is 0 Å². The molecule has 0 aliphatic heterocycles. The van der Waals surface area contributed by atoms with E-state index in [1.165, 1.54) is 0 Å². The molecule has 1 N–H and O–H groups in total. The largest absolute Gasteiger partial charge is 0.444 e. The van der Waals surface area contributed by atoms with Crippen molar-refractivity contribution in [2.45, 2.75) is 26.4 Å².